The van der Waals surface area contributed by atoms with Crippen molar-refractivity contribution in [2.45, 2.75) is 6.54 Å². The van der Waals surface area contributed by atoms with E-state index in [4.69, 9.17) is 0 Å². The first-order chi connectivity index (χ1) is 32.0. The number of allylic oxidation sites excluding steroid dienone is 1. The number of hydrogen-bond acceptors (Lipinski definition) is 1. The third kappa shape index (κ3) is 8.33. The number of benzene rings is 6. The molecule has 0 N–H and O–H groups in total. The monoisotopic (exact) mass is 979 g/mol. The van der Waals surface area contributed by atoms with Gasteiger partial charge in [-0.05, 0) is 17.7 Å². The predicted molar refractivity (Wildman–Crippen MR) is 201 cm³/mol. The molecule has 0 bridgehead atoms. The van der Waals surface area contributed by atoms with Crippen LogP contribution in [-0.2, 0) is 6.54 Å². The Morgan fingerprint density at radius 2 is 0.647 bits per heavy atom. The lowest BCUT2D eigenvalue weighted by Crippen LogP contribution is -2.81. The van der Waals surface area contributed by atoms with Gasteiger partial charge in [-0.15, -0.1) is 21.9 Å². The van der Waals surface area contributed by atoms with Crippen molar-refractivity contribution in [1.29, 1.82) is 0 Å². The van der Waals surface area contributed by atoms with Crippen molar-refractivity contribution in [2.75, 3.05) is 0 Å². The Kier molecular flexibility index (Phi) is 14.3. The molecule has 0 unspecified atom stereocenters. The van der Waals surface area contributed by atoms with E-state index in [1.165, 1.54) is 5.56 Å². The second-order valence-corrected chi connectivity index (χ2v) is 14.1. The van der Waals surface area contributed by atoms with Crippen LogP contribution in [0.1, 0.15) is 21.6 Å². The zero-order valence-corrected chi connectivity index (χ0v) is 32.9. The molecule has 0 fully saturated rings. The number of nitrogens with zero attached hydrogens (tertiary/aromatic N) is 1. The van der Waals surface area contributed by atoms with Crippen LogP contribution in [0.3, 0.4) is 0 Å². The van der Waals surface area contributed by atoms with E-state index >= 15 is 35.1 Å². The second kappa shape index (κ2) is 19.4. The maximum atomic E-state index is 15.4. The van der Waals surface area contributed by atoms with Gasteiger partial charge in [0.1, 0.15) is 52.7 Å². The molecule has 23 heteroatoms. The lowest BCUT2D eigenvalue weighted by Gasteiger charge is -2.44. The van der Waals surface area contributed by atoms with E-state index in [9.17, 15) is 57.5 Å². The van der Waals surface area contributed by atoms with Crippen molar-refractivity contribution in [1.82, 2.24) is 0 Å². The third-order valence-corrected chi connectivity index (χ3v) is 10.3. The number of ketones is 1. The molecule has 0 amide bonds. The lowest BCUT2D eigenvalue weighted by atomic mass is 9.12. The Balaban J connectivity index is 0.000000276. The highest BCUT2D eigenvalue weighted by atomic mass is 19.2. The molecule has 0 saturated heterocycles. The van der Waals surface area contributed by atoms with Crippen LogP contribution in [0, 0.1) is 116 Å². The van der Waals surface area contributed by atoms with Crippen LogP contribution in [0.25, 0.3) is 6.08 Å². The molecule has 0 saturated carbocycles. The van der Waals surface area contributed by atoms with Crippen molar-refractivity contribution in [3.63, 3.8) is 0 Å². The van der Waals surface area contributed by atoms with Crippen molar-refractivity contribution >= 4 is 39.9 Å². The normalized spacial score (nSPS) is 11.6. The molecule has 7 aromatic rings. The summed E-state index contributed by atoms with van der Waals surface area (Å²) in [6.07, 6.45) is -1.80. The average molecular weight is 979 g/mol. The fourth-order valence-corrected chi connectivity index (χ4v) is 7.31. The van der Waals surface area contributed by atoms with E-state index < -0.39 is 144 Å². The molecular formula is C45H18BF20NO. The minimum atomic E-state index is -7.22. The summed E-state index contributed by atoms with van der Waals surface area (Å²) in [5.74, 6) is -71.4. The highest BCUT2D eigenvalue weighted by Crippen LogP contribution is 2.31. The van der Waals surface area contributed by atoms with Crippen molar-refractivity contribution < 1.29 is 97.2 Å². The summed E-state index contributed by atoms with van der Waals surface area (Å²) >= 11 is 0. The number of carbonyl (C=O) groups excluding carboxylic acids is 1. The van der Waals surface area contributed by atoms with Crippen LogP contribution >= 0.6 is 0 Å². The first kappa shape index (κ1) is 50.0. The molecule has 0 aliphatic heterocycles. The Morgan fingerprint density at radius 1 is 0.368 bits per heavy atom. The Morgan fingerprint density at radius 3 is 0.971 bits per heavy atom. The fraction of sp³-hybridized carbons (Fsp3) is 0.0222. The molecule has 0 spiro atoms. The van der Waals surface area contributed by atoms with Crippen LogP contribution in [0.4, 0.5) is 87.8 Å². The van der Waals surface area contributed by atoms with E-state index in [1.807, 2.05) is 83.6 Å². The fourth-order valence-electron chi connectivity index (χ4n) is 7.31. The SMILES string of the molecule is Fc1c(F)c(F)c([B-](c2c(F)c(F)c(F)c(F)c2F)(c2c(F)c(F)c(F)c(F)c2F)c2c(F)c(F)c(F)c(F)c2F)c(F)c1F.O=C(C=Cc1ccccc1)c1cccc[n+]1Cc1ccccc1. The van der Waals surface area contributed by atoms with Gasteiger partial charge in [0.05, 0.1) is 0 Å². The molecule has 352 valence electrons. The molecule has 1 aromatic heterocycles. The molecule has 0 aliphatic carbocycles. The number of hydrogen-bond donors (Lipinski definition) is 0. The largest absolute Gasteiger partial charge is 0.282 e. The summed E-state index contributed by atoms with van der Waals surface area (Å²) in [4.78, 5) is 12.5. The third-order valence-electron chi connectivity index (χ3n) is 10.3. The van der Waals surface area contributed by atoms with Gasteiger partial charge in [-0.3, -0.25) is 4.79 Å². The first-order valence-electron chi connectivity index (χ1n) is 18.6. The number of aromatic nitrogens is 1. The van der Waals surface area contributed by atoms with Crippen LogP contribution in [0.5, 0.6) is 0 Å². The molecule has 7 rings (SSSR count). The van der Waals surface area contributed by atoms with Gasteiger partial charge in [0.15, 0.2) is 82.5 Å². The van der Waals surface area contributed by atoms with Crippen LogP contribution in [-0.4, -0.2) is 11.9 Å². The Labute approximate surface area is 367 Å². The molecule has 68 heavy (non-hydrogen) atoms. The number of halogens is 20. The lowest BCUT2D eigenvalue weighted by molar-refractivity contribution is -0.690. The summed E-state index contributed by atoms with van der Waals surface area (Å²) in [7, 11) is 0. The van der Waals surface area contributed by atoms with Crippen LogP contribution in [0.2, 0.25) is 0 Å². The Bertz CT molecular complexity index is 2790. The van der Waals surface area contributed by atoms with E-state index in [1.54, 1.807) is 6.08 Å². The maximum absolute atomic E-state index is 15.4. The summed E-state index contributed by atoms with van der Waals surface area (Å²) in [5.41, 5.74) is -11.5. The number of carbonyl (C=O) groups is 1. The average Bonchev–Trinajstić information content (AvgIpc) is 3.34. The van der Waals surface area contributed by atoms with E-state index in [0.717, 1.165) is 5.56 Å². The molecule has 1 heterocycles. The quantitative estimate of drug-likeness (QED) is 0.0269. The van der Waals surface area contributed by atoms with Gasteiger partial charge in [-0.1, -0.05) is 66.7 Å². The highest BCUT2D eigenvalue weighted by Gasteiger charge is 2.52. The second-order valence-electron chi connectivity index (χ2n) is 14.1. The molecule has 0 radical (unpaired) electrons. The Hall–Kier alpha value is -7.46. The predicted octanol–water partition coefficient (Wildman–Crippen LogP) is 9.76. The number of pyridine rings is 1. The summed E-state index contributed by atoms with van der Waals surface area (Å²) in [6, 6.07) is 25.7. The van der Waals surface area contributed by atoms with Gasteiger partial charge in [-0.2, -0.15) is 4.57 Å². The molecule has 0 aliphatic rings. The summed E-state index contributed by atoms with van der Waals surface area (Å²) < 4.78 is 296. The van der Waals surface area contributed by atoms with Gasteiger partial charge < -0.3 is 0 Å². The smallest absolute Gasteiger partial charge is 0.253 e. The van der Waals surface area contributed by atoms with Gasteiger partial charge >= 0.3 is 0 Å². The van der Waals surface area contributed by atoms with E-state index in [2.05, 4.69) is 12.1 Å². The highest BCUT2D eigenvalue weighted by molar-refractivity contribution is 7.20. The molecule has 2 nitrogen and oxygen atoms in total. The molecule has 6 aromatic carbocycles. The van der Waals surface area contributed by atoms with E-state index in [-0.39, 0.29) is 5.78 Å². The van der Waals surface area contributed by atoms with Gasteiger partial charge in [0.25, 0.3) is 5.69 Å². The van der Waals surface area contributed by atoms with Crippen molar-refractivity contribution in [2.24, 2.45) is 0 Å². The van der Waals surface area contributed by atoms with Gasteiger partial charge in [-0.25, -0.2) is 87.8 Å². The maximum Gasteiger partial charge on any atom is 0.253 e. The summed E-state index contributed by atoms with van der Waals surface area (Å²) in [6.45, 7) is 0.682. The topological polar surface area (TPSA) is 20.9 Å². The van der Waals surface area contributed by atoms with Crippen LogP contribution in [0.15, 0.2) is 91.1 Å². The zero-order valence-electron chi connectivity index (χ0n) is 32.9. The first-order valence-corrected chi connectivity index (χ1v) is 18.6. The minimum Gasteiger partial charge on any atom is -0.282 e. The minimum absolute atomic E-state index is 0.00499. The number of rotatable bonds is 9. The molecular weight excluding hydrogens is 961 g/mol. The van der Waals surface area contributed by atoms with Crippen LogP contribution < -0.4 is 26.4 Å². The standard InChI is InChI=1S/C24BF20.C21H18NO/c26-5-1(6(27)14(35)21(42)13(5)34)25(2-7(28)15(36)22(43)16(37)8(2)29,3-9(30)17(38)23(44)18(39)10(3)31)4-11(32)19(40)24(45)20(41)12(4)33;23-21(15-14-18-9-3-1-4-10-18)20-13-7-8-16-22(20)17-19-11-5-2-6-12-19/h;1-16H,17H2/q-1;+1. The molecule has 0 atom stereocenters. The van der Waals surface area contributed by atoms with Gasteiger partial charge in [0.2, 0.25) is 5.78 Å². The van der Waals surface area contributed by atoms with Crippen molar-refractivity contribution in [3.05, 3.63) is 224 Å². The zero-order chi connectivity index (χ0) is 50.3. The van der Waals surface area contributed by atoms with E-state index in [0.29, 0.717) is 12.2 Å². The summed E-state index contributed by atoms with van der Waals surface area (Å²) in [5, 5.41) is 0. The van der Waals surface area contributed by atoms with Gasteiger partial charge in [0, 0.05) is 17.7 Å². The van der Waals surface area contributed by atoms with Crippen molar-refractivity contribution in [3.8, 4) is 0 Å².